The van der Waals surface area contributed by atoms with Crippen LogP contribution in [0.3, 0.4) is 0 Å². The van der Waals surface area contributed by atoms with E-state index in [4.69, 9.17) is 9.53 Å². The van der Waals surface area contributed by atoms with Crippen molar-refractivity contribution in [1.82, 2.24) is 0 Å². The van der Waals surface area contributed by atoms with Crippen LogP contribution >= 0.6 is 0 Å². The Labute approximate surface area is 100 Å². The van der Waals surface area contributed by atoms with Crippen molar-refractivity contribution in [3.63, 3.8) is 0 Å². The van der Waals surface area contributed by atoms with Crippen molar-refractivity contribution in [1.29, 1.82) is 0 Å². The Morgan fingerprint density at radius 3 is 2.44 bits per heavy atom. The smallest absolute Gasteiger partial charge is 0.306 e. The first kappa shape index (κ1) is 13.9. The highest BCUT2D eigenvalue weighted by Gasteiger charge is 2.47. The van der Waals surface area contributed by atoms with Crippen molar-refractivity contribution in [2.75, 3.05) is 0 Å². The molecule has 0 aromatic rings. The summed E-state index contributed by atoms with van der Waals surface area (Å²) in [5, 5.41) is 8.91. The van der Waals surface area contributed by atoms with E-state index in [9.17, 15) is 4.79 Å². The average molecular weight is 260 g/mol. The van der Waals surface area contributed by atoms with Crippen molar-refractivity contribution >= 4 is 21.4 Å². The molecule has 1 N–H and O–H groups in total. The maximum Gasteiger partial charge on any atom is 0.306 e. The Morgan fingerprint density at radius 2 is 2.00 bits per heavy atom. The molecule has 0 spiro atoms. The lowest BCUT2D eigenvalue weighted by molar-refractivity contribution is -0.142. The molecule has 1 rings (SSSR count). The van der Waals surface area contributed by atoms with Gasteiger partial charge in [0, 0.05) is 6.10 Å². The Bertz CT molecular complexity index is 276. The van der Waals surface area contributed by atoms with Crippen LogP contribution in [-0.4, -0.2) is 32.6 Å². The largest absolute Gasteiger partial charge is 0.481 e. The predicted molar refractivity (Wildman–Crippen MR) is 70.7 cm³/mol. The number of rotatable bonds is 3. The van der Waals surface area contributed by atoms with Crippen LogP contribution in [0.4, 0.5) is 0 Å². The minimum Gasteiger partial charge on any atom is -0.481 e. The van der Waals surface area contributed by atoms with Crippen molar-refractivity contribution in [2.45, 2.75) is 58.1 Å². The van der Waals surface area contributed by atoms with Gasteiger partial charge in [0.1, 0.15) is 0 Å². The first-order chi connectivity index (χ1) is 7.16. The molecule has 5 heteroatoms. The van der Waals surface area contributed by atoms with Crippen molar-refractivity contribution in [2.24, 2.45) is 5.92 Å². The van der Waals surface area contributed by atoms with Gasteiger partial charge in [0.15, 0.2) is 7.83 Å². The molecule has 0 aromatic heterocycles. The summed E-state index contributed by atoms with van der Waals surface area (Å²) in [6.45, 7) is 11.2. The quantitative estimate of drug-likeness (QED) is 0.794. The van der Waals surface area contributed by atoms with Gasteiger partial charge in [-0.05, 0) is 25.9 Å². The van der Waals surface area contributed by atoms with Gasteiger partial charge < -0.3 is 9.53 Å². The Morgan fingerprint density at radius 1 is 1.44 bits per heavy atom. The second-order valence-electron chi connectivity index (χ2n) is 6.15. The van der Waals surface area contributed by atoms with Gasteiger partial charge in [0.05, 0.1) is 13.5 Å². The lowest BCUT2D eigenvalue weighted by Crippen LogP contribution is -2.61. The van der Waals surface area contributed by atoms with E-state index >= 15 is 0 Å². The molecule has 2 unspecified atom stereocenters. The molecule has 1 fully saturated rings. The molecule has 0 saturated carbocycles. The summed E-state index contributed by atoms with van der Waals surface area (Å²) in [5.74, 6) is -0.983. The average Bonchev–Trinajstić information content (AvgIpc) is 2.11. The topological polar surface area (TPSA) is 46.5 Å². The normalized spacial score (nSPS) is 29.7. The summed E-state index contributed by atoms with van der Waals surface area (Å²) in [6.07, 6.45) is 1.93. The first-order valence-electron chi connectivity index (χ1n) is 6.06. The fourth-order valence-corrected chi connectivity index (χ4v) is 8.83. The summed E-state index contributed by atoms with van der Waals surface area (Å²) in [7, 11) is -2.71. The molecule has 2 atom stereocenters. The van der Waals surface area contributed by atoms with E-state index in [0.717, 1.165) is 6.42 Å². The molecule has 1 heterocycles. The number of carboxylic acid groups (broad SMARTS) is 1. The Hall–Kier alpha value is -0.136. The Balaban J connectivity index is 2.59. The molecular weight excluding hydrogens is 236 g/mol. The second kappa shape index (κ2) is 4.62. The lowest BCUT2D eigenvalue weighted by atomic mass is 10.0. The third-order valence-corrected chi connectivity index (χ3v) is 20.8. The van der Waals surface area contributed by atoms with E-state index in [0.29, 0.717) is 6.42 Å². The minimum atomic E-state index is -1.54. The van der Waals surface area contributed by atoms with Gasteiger partial charge in [-0.3, -0.25) is 4.79 Å². The molecule has 1 saturated heterocycles. The number of carbonyl (C=O) groups is 1. The zero-order valence-corrected chi connectivity index (χ0v) is 13.0. The van der Waals surface area contributed by atoms with E-state index in [1.807, 2.05) is 0 Å². The van der Waals surface area contributed by atoms with Gasteiger partial charge in [-0.2, -0.15) is 0 Å². The number of hydrogen-bond donors (Lipinski definition) is 1. The van der Waals surface area contributed by atoms with Crippen molar-refractivity contribution < 1.29 is 14.3 Å². The molecule has 3 nitrogen and oxygen atoms in total. The highest BCUT2D eigenvalue weighted by Crippen LogP contribution is 2.35. The van der Waals surface area contributed by atoms with Crippen LogP contribution in [0.1, 0.15) is 19.8 Å². The monoisotopic (exact) mass is 260 g/mol. The van der Waals surface area contributed by atoms with Gasteiger partial charge >= 0.3 is 5.97 Å². The van der Waals surface area contributed by atoms with E-state index in [-0.39, 0.29) is 12.0 Å². The number of carboxylic acids is 1. The SMILES string of the molecule is CC(CC1CC[Si](C)(C)[Si](C)(C)O1)C(=O)O. The van der Waals surface area contributed by atoms with Crippen LogP contribution < -0.4 is 0 Å². The van der Waals surface area contributed by atoms with Gasteiger partial charge in [-0.1, -0.05) is 26.1 Å². The van der Waals surface area contributed by atoms with Crippen molar-refractivity contribution in [3.05, 3.63) is 0 Å². The van der Waals surface area contributed by atoms with Gasteiger partial charge in [0.25, 0.3) is 0 Å². The lowest BCUT2D eigenvalue weighted by Gasteiger charge is -2.46. The van der Waals surface area contributed by atoms with Crippen LogP contribution in [0.25, 0.3) is 0 Å². The van der Waals surface area contributed by atoms with E-state index < -0.39 is 21.4 Å². The van der Waals surface area contributed by atoms with Gasteiger partial charge in [-0.15, -0.1) is 0 Å². The highest BCUT2D eigenvalue weighted by atomic mass is 29.3. The maximum atomic E-state index is 10.8. The fraction of sp³-hybridized carbons (Fsp3) is 0.909. The summed E-state index contributed by atoms with van der Waals surface area (Å²) in [5.41, 5.74) is 0. The molecule has 0 aromatic carbocycles. The van der Waals surface area contributed by atoms with Crippen LogP contribution in [0, 0.1) is 5.92 Å². The maximum absolute atomic E-state index is 10.8. The Kier molecular flexibility index (Phi) is 4.02. The molecular formula is C11H24O3Si2. The highest BCUT2D eigenvalue weighted by molar-refractivity contribution is 7.38. The minimum absolute atomic E-state index is 0.188. The van der Waals surface area contributed by atoms with Crippen LogP contribution in [0.15, 0.2) is 0 Å². The molecule has 16 heavy (non-hydrogen) atoms. The predicted octanol–water partition coefficient (Wildman–Crippen LogP) is 2.88. The third-order valence-electron chi connectivity index (χ3n) is 4.22. The molecule has 1 aliphatic heterocycles. The molecule has 1 aliphatic rings. The summed E-state index contributed by atoms with van der Waals surface area (Å²) < 4.78 is 6.25. The van der Waals surface area contributed by atoms with Gasteiger partial charge in [-0.25, -0.2) is 0 Å². The summed E-state index contributed by atoms with van der Waals surface area (Å²) >= 11 is 0. The molecule has 0 radical (unpaired) electrons. The molecule has 0 aliphatic carbocycles. The number of hydrogen-bond acceptors (Lipinski definition) is 2. The second-order valence-corrected chi connectivity index (χ2v) is 21.3. The third kappa shape index (κ3) is 2.95. The van der Waals surface area contributed by atoms with Crippen molar-refractivity contribution in [3.8, 4) is 0 Å². The van der Waals surface area contributed by atoms with E-state index in [1.54, 1.807) is 6.92 Å². The first-order valence-corrected chi connectivity index (χ1v) is 13.2. The van der Waals surface area contributed by atoms with Crippen LogP contribution in [-0.2, 0) is 9.22 Å². The zero-order valence-electron chi connectivity index (χ0n) is 11.0. The summed E-state index contributed by atoms with van der Waals surface area (Å²) in [6, 6.07) is 1.29. The van der Waals surface area contributed by atoms with Crippen LogP contribution in [0.5, 0.6) is 0 Å². The number of aliphatic carboxylic acids is 1. The fourth-order valence-electron chi connectivity index (χ4n) is 2.12. The summed E-state index contributed by atoms with van der Waals surface area (Å²) in [4.78, 5) is 10.8. The van der Waals surface area contributed by atoms with Gasteiger partial charge in [0.2, 0.25) is 0 Å². The van der Waals surface area contributed by atoms with Crippen LogP contribution in [0.2, 0.25) is 32.2 Å². The molecule has 94 valence electrons. The zero-order chi connectivity index (χ0) is 12.6. The standard InChI is InChI=1S/C11H24O3Si2/c1-9(11(12)13)8-10-6-7-15(2,3)16(4,5)14-10/h9-10H,6-8H2,1-5H3,(H,12,13). The van der Waals surface area contributed by atoms with E-state index in [2.05, 4.69) is 26.2 Å². The molecule has 0 amide bonds. The molecule has 0 bridgehead atoms. The van der Waals surface area contributed by atoms with E-state index in [1.165, 1.54) is 6.04 Å².